The number of carbonyl (C=O) groups excluding carboxylic acids is 1. The normalized spacial score (nSPS) is 18.4. The maximum absolute atomic E-state index is 13.8. The van der Waals surface area contributed by atoms with Crippen LogP contribution in [0.25, 0.3) is 0 Å². The highest BCUT2D eigenvalue weighted by Gasteiger charge is 2.50. The molecule has 0 aliphatic carbocycles. The number of hydrazone groups is 1. The van der Waals surface area contributed by atoms with Gasteiger partial charge in [-0.15, -0.1) is 0 Å². The molecule has 0 radical (unpaired) electrons. The fraction of sp³-hybridized carbons (Fsp3) is 0.481. The third-order valence-electron chi connectivity index (χ3n) is 6.18. The highest BCUT2D eigenvalue weighted by Crippen LogP contribution is 2.41. The first-order valence-electron chi connectivity index (χ1n) is 11.7. The summed E-state index contributed by atoms with van der Waals surface area (Å²) in [6.07, 6.45) is 1.11. The van der Waals surface area contributed by atoms with Crippen LogP contribution in [0.15, 0.2) is 64.6 Å². The van der Waals surface area contributed by atoms with E-state index in [2.05, 4.69) is 31.3 Å². The second kappa shape index (κ2) is 9.27. The third-order valence-corrected chi connectivity index (χ3v) is 8.51. The van der Waals surface area contributed by atoms with Gasteiger partial charge in [0.1, 0.15) is 0 Å². The van der Waals surface area contributed by atoms with Crippen molar-refractivity contribution in [2.45, 2.75) is 89.1 Å². The number of nitrogens with one attached hydrogen (secondary N) is 1. The van der Waals surface area contributed by atoms with E-state index >= 15 is 0 Å². The van der Waals surface area contributed by atoms with Gasteiger partial charge in [-0.25, -0.2) is 13.8 Å². The average molecular weight is 484 g/mol. The van der Waals surface area contributed by atoms with Crippen LogP contribution in [-0.4, -0.2) is 35.4 Å². The Morgan fingerprint density at radius 2 is 1.47 bits per heavy atom. The molecule has 1 fully saturated rings. The molecule has 0 spiro atoms. The summed E-state index contributed by atoms with van der Waals surface area (Å²) in [6, 6.07) is 16.7. The van der Waals surface area contributed by atoms with E-state index in [4.69, 9.17) is 0 Å². The van der Waals surface area contributed by atoms with Crippen molar-refractivity contribution in [2.24, 2.45) is 5.10 Å². The van der Waals surface area contributed by atoms with Crippen LogP contribution in [0.2, 0.25) is 0 Å². The molecule has 7 heteroatoms. The minimum atomic E-state index is -3.74. The molecule has 1 amide bonds. The lowest BCUT2D eigenvalue weighted by Crippen LogP contribution is -2.63. The first-order chi connectivity index (χ1) is 15.6. The zero-order valence-corrected chi connectivity index (χ0v) is 22.2. The average Bonchev–Trinajstić information content (AvgIpc) is 2.70. The van der Waals surface area contributed by atoms with Crippen molar-refractivity contribution in [3.05, 3.63) is 65.7 Å². The Bertz CT molecular complexity index is 1140. The molecule has 3 rings (SSSR count). The molecule has 0 bridgehead atoms. The molecular formula is C27H37N3O3S. The molecule has 1 heterocycles. The molecule has 0 unspecified atom stereocenters. The monoisotopic (exact) mass is 483 g/mol. The van der Waals surface area contributed by atoms with Crippen molar-refractivity contribution >= 4 is 21.6 Å². The maximum Gasteiger partial charge on any atom is 0.244 e. The molecule has 34 heavy (non-hydrogen) atoms. The fourth-order valence-corrected chi connectivity index (χ4v) is 7.07. The van der Waals surface area contributed by atoms with E-state index in [1.54, 1.807) is 16.4 Å². The van der Waals surface area contributed by atoms with E-state index in [1.165, 1.54) is 0 Å². The number of carbonyl (C=O) groups is 1. The number of benzene rings is 2. The Morgan fingerprint density at radius 1 is 0.941 bits per heavy atom. The molecule has 0 saturated carbocycles. The van der Waals surface area contributed by atoms with Crippen LogP contribution in [-0.2, 0) is 26.7 Å². The van der Waals surface area contributed by atoms with E-state index in [9.17, 15) is 13.2 Å². The molecule has 1 aliphatic rings. The van der Waals surface area contributed by atoms with Crippen molar-refractivity contribution in [1.29, 1.82) is 0 Å². The van der Waals surface area contributed by atoms with Gasteiger partial charge in [0.25, 0.3) is 0 Å². The molecule has 0 atom stereocenters. The molecule has 1 saturated heterocycles. The summed E-state index contributed by atoms with van der Waals surface area (Å²) in [6.45, 7) is 14.0. The van der Waals surface area contributed by atoms with Crippen LogP contribution in [0.3, 0.4) is 0 Å². The Labute approximate surface area is 204 Å². The lowest BCUT2D eigenvalue weighted by Gasteiger charge is -2.51. The number of piperidine rings is 1. The van der Waals surface area contributed by atoms with Gasteiger partial charge < -0.3 is 0 Å². The highest BCUT2D eigenvalue weighted by atomic mass is 32.2. The summed E-state index contributed by atoms with van der Waals surface area (Å²) < 4.78 is 29.2. The van der Waals surface area contributed by atoms with Crippen molar-refractivity contribution in [1.82, 2.24) is 9.73 Å². The molecule has 2 aromatic carbocycles. The summed E-state index contributed by atoms with van der Waals surface area (Å²) in [5, 5.41) is 4.39. The van der Waals surface area contributed by atoms with Gasteiger partial charge in [-0.3, -0.25) is 4.79 Å². The minimum absolute atomic E-state index is 0.0533. The summed E-state index contributed by atoms with van der Waals surface area (Å²) in [7, 11) is -3.74. The third kappa shape index (κ3) is 5.76. The fourth-order valence-electron chi connectivity index (χ4n) is 4.95. The maximum atomic E-state index is 13.8. The van der Waals surface area contributed by atoms with Gasteiger partial charge in [0, 0.05) is 29.6 Å². The van der Waals surface area contributed by atoms with Crippen LogP contribution in [0, 0.1) is 0 Å². The first kappa shape index (κ1) is 26.1. The number of hydrogen-bond acceptors (Lipinski definition) is 4. The van der Waals surface area contributed by atoms with E-state index in [-0.39, 0.29) is 17.7 Å². The van der Waals surface area contributed by atoms with Gasteiger partial charge in [0.05, 0.1) is 11.3 Å². The molecule has 184 valence electrons. The van der Waals surface area contributed by atoms with Crippen LogP contribution in [0.4, 0.5) is 0 Å². The van der Waals surface area contributed by atoms with Gasteiger partial charge in [0.2, 0.25) is 15.9 Å². The smallest absolute Gasteiger partial charge is 0.244 e. The van der Waals surface area contributed by atoms with Gasteiger partial charge in [0.15, 0.2) is 0 Å². The lowest BCUT2D eigenvalue weighted by molar-refractivity contribution is -0.120. The zero-order chi connectivity index (χ0) is 25.4. The Kier molecular flexibility index (Phi) is 7.11. The standard InChI is InChI=1S/C27H37N3O3S/c1-25(2,3)21-13-15-23(16-14-21)34(32,33)30-26(4,5)18-22(19-27(30,6)7)28-29-24(31)17-20-11-9-8-10-12-20/h8-16H,17-19H2,1-7H3,(H,29,31). The topological polar surface area (TPSA) is 78.8 Å². The first-order valence-corrected chi connectivity index (χ1v) is 13.1. The molecule has 6 nitrogen and oxygen atoms in total. The predicted molar refractivity (Wildman–Crippen MR) is 137 cm³/mol. The van der Waals surface area contributed by atoms with Gasteiger partial charge in [-0.1, -0.05) is 63.2 Å². The van der Waals surface area contributed by atoms with Crippen molar-refractivity contribution in [3.8, 4) is 0 Å². The van der Waals surface area contributed by atoms with Crippen LogP contribution in [0.1, 0.15) is 72.4 Å². The number of rotatable bonds is 5. The number of hydrogen-bond donors (Lipinski definition) is 1. The molecule has 0 aromatic heterocycles. The summed E-state index contributed by atoms with van der Waals surface area (Å²) in [5.41, 5.74) is 3.96. The molecule has 2 aromatic rings. The van der Waals surface area contributed by atoms with E-state index in [0.717, 1.165) is 16.8 Å². The lowest BCUT2D eigenvalue weighted by atomic mass is 9.81. The Hall–Kier alpha value is -2.51. The van der Waals surface area contributed by atoms with E-state index in [0.29, 0.717) is 17.7 Å². The largest absolute Gasteiger partial charge is 0.273 e. The van der Waals surface area contributed by atoms with Crippen molar-refractivity contribution in [3.63, 3.8) is 0 Å². The molecular weight excluding hydrogens is 446 g/mol. The van der Waals surface area contributed by atoms with Crippen LogP contribution >= 0.6 is 0 Å². The van der Waals surface area contributed by atoms with E-state index in [1.807, 2.05) is 70.2 Å². The van der Waals surface area contributed by atoms with Crippen LogP contribution in [0.5, 0.6) is 0 Å². The second-order valence-electron chi connectivity index (χ2n) is 11.4. The molecule has 1 N–H and O–H groups in total. The Morgan fingerprint density at radius 3 is 1.97 bits per heavy atom. The summed E-state index contributed by atoms with van der Waals surface area (Å²) in [5.74, 6) is -0.191. The predicted octanol–water partition coefficient (Wildman–Crippen LogP) is 5.04. The quantitative estimate of drug-likeness (QED) is 0.605. The van der Waals surface area contributed by atoms with Gasteiger partial charge in [-0.2, -0.15) is 9.41 Å². The Balaban J connectivity index is 1.81. The van der Waals surface area contributed by atoms with Crippen molar-refractivity contribution in [2.75, 3.05) is 0 Å². The summed E-state index contributed by atoms with van der Waals surface area (Å²) in [4.78, 5) is 12.6. The summed E-state index contributed by atoms with van der Waals surface area (Å²) >= 11 is 0. The minimum Gasteiger partial charge on any atom is -0.273 e. The number of sulfonamides is 1. The zero-order valence-electron chi connectivity index (χ0n) is 21.3. The van der Waals surface area contributed by atoms with Gasteiger partial charge in [-0.05, 0) is 56.4 Å². The van der Waals surface area contributed by atoms with Gasteiger partial charge >= 0.3 is 0 Å². The second-order valence-corrected chi connectivity index (χ2v) is 13.2. The highest BCUT2D eigenvalue weighted by molar-refractivity contribution is 7.89. The molecule has 1 aliphatic heterocycles. The van der Waals surface area contributed by atoms with E-state index < -0.39 is 21.1 Å². The number of nitrogens with zero attached hydrogens (tertiary/aromatic N) is 2. The van der Waals surface area contributed by atoms with Crippen LogP contribution < -0.4 is 5.43 Å². The number of amides is 1. The SMILES string of the molecule is CC(C)(C)c1ccc(S(=O)(=O)N2C(C)(C)CC(=NNC(=O)Cc3ccccc3)CC2(C)C)cc1. The van der Waals surface area contributed by atoms with Crippen molar-refractivity contribution < 1.29 is 13.2 Å².